The monoisotopic (exact) mass is 427 g/mol. The van der Waals surface area contributed by atoms with Gasteiger partial charge in [-0.2, -0.15) is 5.10 Å². The van der Waals surface area contributed by atoms with Crippen LogP contribution in [0.5, 0.6) is 5.75 Å². The van der Waals surface area contributed by atoms with E-state index in [2.05, 4.69) is 20.6 Å². The Morgan fingerprint density at radius 3 is 3.00 bits per heavy atom. The van der Waals surface area contributed by atoms with E-state index in [-0.39, 0.29) is 17.2 Å². The number of aromatic nitrogens is 4. The quantitative estimate of drug-likeness (QED) is 0.440. The summed E-state index contributed by atoms with van der Waals surface area (Å²) in [5, 5.41) is 16.3. The number of aromatic amines is 1. The van der Waals surface area contributed by atoms with Gasteiger partial charge in [0, 0.05) is 6.54 Å². The molecule has 29 heavy (non-hydrogen) atoms. The molecule has 0 saturated heterocycles. The van der Waals surface area contributed by atoms with Crippen LogP contribution in [-0.2, 0) is 11.3 Å². The molecular weight excluding hydrogens is 410 g/mol. The maximum atomic E-state index is 12.2. The van der Waals surface area contributed by atoms with Gasteiger partial charge in [-0.15, -0.1) is 16.4 Å². The molecule has 0 aliphatic heterocycles. The number of ether oxygens (including phenoxy) is 1. The third kappa shape index (κ3) is 4.33. The highest BCUT2D eigenvalue weighted by Gasteiger charge is 2.14. The molecule has 0 radical (unpaired) electrons. The summed E-state index contributed by atoms with van der Waals surface area (Å²) in [6, 6.07) is 13.1. The average molecular weight is 428 g/mol. The van der Waals surface area contributed by atoms with Crippen LogP contribution in [0.15, 0.2) is 57.8 Å². The minimum atomic E-state index is -0.327. The normalized spacial score (nSPS) is 10.9. The Kier molecular flexibility index (Phi) is 5.63. The van der Waals surface area contributed by atoms with Crippen LogP contribution in [-0.4, -0.2) is 38.6 Å². The number of nitrogens with zero attached hydrogens (tertiary/aromatic N) is 3. The van der Waals surface area contributed by atoms with Gasteiger partial charge in [0.25, 0.3) is 5.56 Å². The van der Waals surface area contributed by atoms with Crippen LogP contribution in [0.1, 0.15) is 5.56 Å². The molecule has 0 saturated carbocycles. The molecule has 1 aromatic carbocycles. The number of benzene rings is 1. The topological polar surface area (TPSA) is 101 Å². The van der Waals surface area contributed by atoms with E-state index in [1.54, 1.807) is 13.2 Å². The van der Waals surface area contributed by atoms with E-state index in [1.165, 1.54) is 27.6 Å². The lowest BCUT2D eigenvalue weighted by Gasteiger charge is -2.07. The lowest BCUT2D eigenvalue weighted by molar-refractivity contribution is -0.118. The molecule has 0 aliphatic carbocycles. The Morgan fingerprint density at radius 1 is 1.31 bits per heavy atom. The van der Waals surface area contributed by atoms with Gasteiger partial charge in [0.05, 0.1) is 17.7 Å². The van der Waals surface area contributed by atoms with Crippen LogP contribution in [0.3, 0.4) is 0 Å². The van der Waals surface area contributed by atoms with Gasteiger partial charge in [0.1, 0.15) is 17.0 Å². The maximum absolute atomic E-state index is 12.2. The molecule has 2 N–H and O–H groups in total. The molecule has 4 rings (SSSR count). The Hall–Kier alpha value is -3.11. The molecule has 1 amide bonds. The van der Waals surface area contributed by atoms with E-state index < -0.39 is 0 Å². The molecule has 0 aliphatic rings. The third-order valence-corrected chi connectivity index (χ3v) is 5.93. The molecule has 0 atom stereocenters. The molecule has 0 bridgehead atoms. The highest BCUT2D eigenvalue weighted by atomic mass is 32.2. The first-order valence-corrected chi connectivity index (χ1v) is 10.6. The highest BCUT2D eigenvalue weighted by molar-refractivity contribution is 7.99. The van der Waals surface area contributed by atoms with Crippen molar-refractivity contribution in [1.29, 1.82) is 0 Å². The van der Waals surface area contributed by atoms with Crippen LogP contribution < -0.4 is 15.6 Å². The summed E-state index contributed by atoms with van der Waals surface area (Å²) in [4.78, 5) is 25.3. The first-order chi connectivity index (χ1) is 14.1. The first-order valence-electron chi connectivity index (χ1n) is 8.69. The number of carbonyl (C=O) groups is 1. The number of hydrogen-bond donors (Lipinski definition) is 2. The number of carbonyl (C=O) groups excluding carboxylic acids is 1. The van der Waals surface area contributed by atoms with Crippen molar-refractivity contribution < 1.29 is 9.53 Å². The van der Waals surface area contributed by atoms with Crippen LogP contribution >= 0.6 is 23.1 Å². The number of thioether (sulfide) groups is 1. The first kappa shape index (κ1) is 19.2. The van der Waals surface area contributed by atoms with Crippen LogP contribution in [0.25, 0.3) is 16.1 Å². The summed E-state index contributed by atoms with van der Waals surface area (Å²) in [5.41, 5.74) is 1.71. The number of H-pyrrole nitrogens is 1. The second-order valence-electron chi connectivity index (χ2n) is 6.06. The van der Waals surface area contributed by atoms with Gasteiger partial charge in [0.2, 0.25) is 11.1 Å². The number of thiophene rings is 1. The van der Waals surface area contributed by atoms with E-state index in [4.69, 9.17) is 4.74 Å². The van der Waals surface area contributed by atoms with E-state index in [0.717, 1.165) is 16.2 Å². The average Bonchev–Trinajstić information content (AvgIpc) is 3.42. The van der Waals surface area contributed by atoms with Crippen molar-refractivity contribution in [2.45, 2.75) is 11.7 Å². The lowest BCUT2D eigenvalue weighted by atomic mass is 10.2. The Balaban J connectivity index is 1.44. The third-order valence-electron chi connectivity index (χ3n) is 4.11. The summed E-state index contributed by atoms with van der Waals surface area (Å²) in [7, 11) is 1.60. The van der Waals surface area contributed by atoms with Crippen molar-refractivity contribution in [2.75, 3.05) is 12.9 Å². The van der Waals surface area contributed by atoms with E-state index in [0.29, 0.717) is 22.9 Å². The second kappa shape index (κ2) is 8.50. The van der Waals surface area contributed by atoms with Gasteiger partial charge in [-0.05, 0) is 35.2 Å². The Morgan fingerprint density at radius 2 is 2.21 bits per heavy atom. The SMILES string of the molecule is COc1cccc(CNC(=O)CSc2n[nH]c(=O)c3cc(-c4cccs4)nn23)c1. The zero-order valence-corrected chi connectivity index (χ0v) is 17.0. The van der Waals surface area contributed by atoms with Gasteiger partial charge in [-0.25, -0.2) is 9.61 Å². The number of rotatable bonds is 7. The number of fused-ring (bicyclic) bond motifs is 1. The lowest BCUT2D eigenvalue weighted by Crippen LogP contribution is -2.25. The maximum Gasteiger partial charge on any atom is 0.290 e. The van der Waals surface area contributed by atoms with Crippen molar-refractivity contribution in [3.8, 4) is 16.3 Å². The summed E-state index contributed by atoms with van der Waals surface area (Å²) < 4.78 is 6.66. The summed E-state index contributed by atoms with van der Waals surface area (Å²) in [6.45, 7) is 0.398. The molecule has 4 aromatic rings. The standard InChI is InChI=1S/C19H17N5O3S2/c1-27-13-5-2-4-12(8-13)10-20-17(25)11-29-19-22-21-18(26)15-9-14(23-24(15)19)16-6-3-7-28-16/h2-9H,10-11H2,1H3,(H,20,25)(H,21,26). The fraction of sp³-hybridized carbons (Fsp3) is 0.158. The van der Waals surface area contributed by atoms with Crippen molar-refractivity contribution in [3.63, 3.8) is 0 Å². The van der Waals surface area contributed by atoms with Crippen LogP contribution in [0.2, 0.25) is 0 Å². The van der Waals surface area contributed by atoms with E-state index in [9.17, 15) is 9.59 Å². The van der Waals surface area contributed by atoms with Crippen LogP contribution in [0.4, 0.5) is 0 Å². The molecule has 148 valence electrons. The molecule has 3 aromatic heterocycles. The zero-order valence-electron chi connectivity index (χ0n) is 15.4. The Labute approximate surface area is 173 Å². The number of nitrogens with one attached hydrogen (secondary N) is 2. The second-order valence-corrected chi connectivity index (χ2v) is 7.95. The molecule has 0 unspecified atom stereocenters. The number of hydrogen-bond acceptors (Lipinski definition) is 7. The molecular formula is C19H17N5O3S2. The fourth-order valence-corrected chi connectivity index (χ4v) is 4.11. The predicted molar refractivity (Wildman–Crippen MR) is 112 cm³/mol. The largest absolute Gasteiger partial charge is 0.497 e. The van der Waals surface area contributed by atoms with Gasteiger partial charge in [-0.3, -0.25) is 9.59 Å². The molecule has 8 nitrogen and oxygen atoms in total. The minimum absolute atomic E-state index is 0.145. The van der Waals surface area contributed by atoms with E-state index >= 15 is 0 Å². The van der Waals surface area contributed by atoms with Gasteiger partial charge < -0.3 is 10.1 Å². The van der Waals surface area contributed by atoms with Crippen molar-refractivity contribution in [2.24, 2.45) is 0 Å². The summed E-state index contributed by atoms with van der Waals surface area (Å²) in [6.07, 6.45) is 0. The zero-order chi connectivity index (χ0) is 20.2. The van der Waals surface area contributed by atoms with Gasteiger partial charge in [-0.1, -0.05) is 30.0 Å². The molecule has 10 heteroatoms. The van der Waals surface area contributed by atoms with Gasteiger partial charge >= 0.3 is 0 Å². The molecule has 0 spiro atoms. The van der Waals surface area contributed by atoms with Crippen molar-refractivity contribution >= 4 is 34.5 Å². The predicted octanol–water partition coefficient (Wildman–Crippen LogP) is 2.56. The molecule has 3 heterocycles. The highest BCUT2D eigenvalue weighted by Crippen LogP contribution is 2.25. The van der Waals surface area contributed by atoms with Crippen molar-refractivity contribution in [3.05, 3.63) is 63.8 Å². The van der Waals surface area contributed by atoms with Crippen LogP contribution in [0, 0.1) is 0 Å². The minimum Gasteiger partial charge on any atom is -0.497 e. The molecule has 0 fully saturated rings. The van der Waals surface area contributed by atoms with Crippen molar-refractivity contribution in [1.82, 2.24) is 25.1 Å². The summed E-state index contributed by atoms with van der Waals surface area (Å²) in [5.74, 6) is 0.738. The number of amides is 1. The van der Waals surface area contributed by atoms with Gasteiger partial charge in [0.15, 0.2) is 0 Å². The number of methoxy groups -OCH3 is 1. The summed E-state index contributed by atoms with van der Waals surface area (Å²) >= 11 is 2.75. The smallest absolute Gasteiger partial charge is 0.290 e. The Bertz CT molecular complexity index is 1200. The van der Waals surface area contributed by atoms with E-state index in [1.807, 2.05) is 41.8 Å². The fourth-order valence-electron chi connectivity index (χ4n) is 2.69.